The molecule has 11 heteroatoms. The molecule has 0 aromatic heterocycles. The molecule has 2 aromatic rings. The number of hydrogen-bond donors (Lipinski definition) is 1. The van der Waals surface area contributed by atoms with Crippen molar-refractivity contribution in [3.63, 3.8) is 0 Å². The summed E-state index contributed by atoms with van der Waals surface area (Å²) in [6.07, 6.45) is 1.00. The highest BCUT2D eigenvalue weighted by Crippen LogP contribution is 2.30. The third kappa shape index (κ3) is 6.52. The van der Waals surface area contributed by atoms with E-state index in [-0.39, 0.29) is 32.5 Å². The molecule has 0 saturated heterocycles. The van der Waals surface area contributed by atoms with E-state index in [1.54, 1.807) is 0 Å². The minimum absolute atomic E-state index is 0.00277. The summed E-state index contributed by atoms with van der Waals surface area (Å²) in [4.78, 5) is 21.9. The first-order chi connectivity index (χ1) is 13.5. The van der Waals surface area contributed by atoms with Gasteiger partial charge in [-0.3, -0.25) is 0 Å². The first-order valence-electron chi connectivity index (χ1n) is 7.69. The van der Waals surface area contributed by atoms with Crippen molar-refractivity contribution in [2.75, 3.05) is 27.6 Å². The normalized spacial score (nSPS) is 10.4. The van der Waals surface area contributed by atoms with Crippen LogP contribution < -0.4 is 9.47 Å². The molecule has 1 N–H and O–H groups in total. The maximum Gasteiger partial charge on any atom is 0.341 e. The molecule has 0 radical (unpaired) electrons. The molecule has 0 heterocycles. The smallest absolute Gasteiger partial charge is 0.341 e. The maximum absolute atomic E-state index is 11.4. The molecule has 0 aliphatic heterocycles. The van der Waals surface area contributed by atoms with Crippen molar-refractivity contribution in [2.24, 2.45) is 0 Å². The van der Waals surface area contributed by atoms with Crippen LogP contribution in [0.3, 0.4) is 0 Å². The lowest BCUT2D eigenvalue weighted by molar-refractivity contribution is 0.0595. The number of aromatic carboxylic acids is 1. The van der Waals surface area contributed by atoms with Gasteiger partial charge >= 0.3 is 11.9 Å². The van der Waals surface area contributed by atoms with Crippen LogP contribution in [0.5, 0.6) is 11.5 Å². The molecule has 0 aliphatic rings. The van der Waals surface area contributed by atoms with E-state index in [9.17, 15) is 18.0 Å². The minimum atomic E-state index is -3.52. The Morgan fingerprint density at radius 2 is 1.48 bits per heavy atom. The number of esters is 1. The number of carboxylic acids is 1. The molecule has 29 heavy (non-hydrogen) atoms. The van der Waals surface area contributed by atoms with Gasteiger partial charge in [0, 0.05) is 17.3 Å². The predicted octanol–water partition coefficient (Wildman–Crippen LogP) is 3.59. The molecule has 0 unspecified atom stereocenters. The zero-order chi connectivity index (χ0) is 22.4. The second kappa shape index (κ2) is 10.3. The number of ether oxygens (including phenoxy) is 3. The minimum Gasteiger partial charge on any atom is -0.496 e. The van der Waals surface area contributed by atoms with Crippen molar-refractivity contribution >= 4 is 45.0 Å². The van der Waals surface area contributed by atoms with Crippen molar-refractivity contribution in [1.82, 2.24) is 0 Å². The number of carboxylic acid groups (broad SMARTS) is 1. The number of hydrogen-bond acceptors (Lipinski definition) is 7. The molecule has 0 spiro atoms. The van der Waals surface area contributed by atoms with Gasteiger partial charge in [0.1, 0.15) is 22.6 Å². The zero-order valence-corrected chi connectivity index (χ0v) is 18.2. The second-order valence-electron chi connectivity index (χ2n) is 5.40. The van der Waals surface area contributed by atoms with E-state index in [1.165, 1.54) is 45.6 Å². The van der Waals surface area contributed by atoms with Crippen LogP contribution in [0.2, 0.25) is 10.0 Å². The average molecular weight is 465 g/mol. The molecule has 0 atom stereocenters. The standard InChI is InChI=1S/C10H11ClO5S.C8H7ClO3/c1-15-8-5-7(11)9(17(3,13)14)4-6(8)10(12)16-2;1-12-7-4-5(9)2-3-6(7)8(10)11/h4-5H,1-3H3;2-4H,1H3,(H,10,11). The van der Waals surface area contributed by atoms with Crippen molar-refractivity contribution in [3.05, 3.63) is 51.5 Å². The number of methoxy groups -OCH3 is 3. The monoisotopic (exact) mass is 464 g/mol. The summed E-state index contributed by atoms with van der Waals surface area (Å²) >= 11 is 11.4. The quantitative estimate of drug-likeness (QED) is 0.667. The van der Waals surface area contributed by atoms with Gasteiger partial charge in [-0.05, 0) is 24.3 Å². The summed E-state index contributed by atoms with van der Waals surface area (Å²) in [5.41, 5.74) is 0.127. The van der Waals surface area contributed by atoms with Gasteiger partial charge in [0.15, 0.2) is 9.84 Å². The Labute approximate surface area is 177 Å². The van der Waals surface area contributed by atoms with Gasteiger partial charge in [-0.2, -0.15) is 0 Å². The SMILES string of the molecule is COC(=O)c1cc(S(C)(=O)=O)c(Cl)cc1OC.COc1cc(Cl)ccc1C(=O)O. The molecule has 0 amide bonds. The number of halogens is 2. The van der Waals surface area contributed by atoms with Crippen molar-refractivity contribution in [3.8, 4) is 11.5 Å². The van der Waals surface area contributed by atoms with Gasteiger partial charge in [-0.15, -0.1) is 0 Å². The largest absolute Gasteiger partial charge is 0.496 e. The van der Waals surface area contributed by atoms with Crippen molar-refractivity contribution in [2.45, 2.75) is 4.90 Å². The van der Waals surface area contributed by atoms with Gasteiger partial charge in [0.25, 0.3) is 0 Å². The molecule has 0 bridgehead atoms. The van der Waals surface area contributed by atoms with Gasteiger partial charge in [-0.25, -0.2) is 18.0 Å². The fourth-order valence-corrected chi connectivity index (χ4v) is 3.58. The van der Waals surface area contributed by atoms with E-state index in [0.29, 0.717) is 5.02 Å². The Balaban J connectivity index is 0.000000308. The molecular formula is C18H18Cl2O8S. The van der Waals surface area contributed by atoms with E-state index < -0.39 is 21.8 Å². The second-order valence-corrected chi connectivity index (χ2v) is 8.22. The highest BCUT2D eigenvalue weighted by Gasteiger charge is 2.21. The summed E-state index contributed by atoms with van der Waals surface area (Å²) in [5, 5.41) is 9.12. The molecule has 0 saturated carbocycles. The first kappa shape index (κ1) is 24.5. The van der Waals surface area contributed by atoms with Crippen LogP contribution in [0.15, 0.2) is 35.2 Å². The van der Waals surface area contributed by atoms with Crippen LogP contribution in [-0.2, 0) is 14.6 Å². The number of benzene rings is 2. The lowest BCUT2D eigenvalue weighted by Crippen LogP contribution is -2.07. The van der Waals surface area contributed by atoms with Crippen LogP contribution in [0.4, 0.5) is 0 Å². The van der Waals surface area contributed by atoms with Gasteiger partial charge < -0.3 is 19.3 Å². The van der Waals surface area contributed by atoms with Crippen molar-refractivity contribution < 1.29 is 37.3 Å². The van der Waals surface area contributed by atoms with E-state index in [2.05, 4.69) is 4.74 Å². The lowest BCUT2D eigenvalue weighted by atomic mass is 10.2. The lowest BCUT2D eigenvalue weighted by Gasteiger charge is -2.10. The molecule has 0 fully saturated rings. The van der Waals surface area contributed by atoms with Crippen LogP contribution in [0, 0.1) is 0 Å². The van der Waals surface area contributed by atoms with Crippen LogP contribution in [-0.4, -0.2) is 53.0 Å². The molecule has 0 aliphatic carbocycles. The number of sulfone groups is 1. The number of rotatable bonds is 5. The number of carbonyl (C=O) groups is 2. The highest BCUT2D eigenvalue weighted by atomic mass is 35.5. The predicted molar refractivity (Wildman–Crippen MR) is 107 cm³/mol. The number of carbonyl (C=O) groups excluding carboxylic acids is 1. The summed E-state index contributed by atoms with van der Waals surface area (Å²) in [6.45, 7) is 0. The van der Waals surface area contributed by atoms with E-state index in [0.717, 1.165) is 12.3 Å². The summed E-state index contributed by atoms with van der Waals surface area (Å²) in [5.74, 6) is -1.28. The third-order valence-corrected chi connectivity index (χ3v) is 5.25. The average Bonchev–Trinajstić information content (AvgIpc) is 2.66. The zero-order valence-electron chi connectivity index (χ0n) is 15.9. The van der Waals surface area contributed by atoms with Crippen LogP contribution in [0.1, 0.15) is 20.7 Å². The maximum atomic E-state index is 11.4. The van der Waals surface area contributed by atoms with Gasteiger partial charge in [-0.1, -0.05) is 23.2 Å². The fourth-order valence-electron chi connectivity index (χ4n) is 2.10. The summed E-state index contributed by atoms with van der Waals surface area (Å²) in [6, 6.07) is 6.79. The van der Waals surface area contributed by atoms with E-state index in [4.69, 9.17) is 37.8 Å². The Kier molecular flexibility index (Phi) is 8.75. The third-order valence-electron chi connectivity index (χ3n) is 3.45. The molecule has 8 nitrogen and oxygen atoms in total. The van der Waals surface area contributed by atoms with E-state index >= 15 is 0 Å². The first-order valence-corrected chi connectivity index (χ1v) is 10.3. The van der Waals surface area contributed by atoms with Gasteiger partial charge in [0.05, 0.1) is 31.2 Å². The molecule has 2 aromatic carbocycles. The highest BCUT2D eigenvalue weighted by molar-refractivity contribution is 7.90. The Morgan fingerprint density at radius 3 is 1.93 bits per heavy atom. The Morgan fingerprint density at radius 1 is 0.931 bits per heavy atom. The Bertz CT molecular complexity index is 1020. The van der Waals surface area contributed by atoms with Crippen molar-refractivity contribution in [1.29, 1.82) is 0 Å². The summed E-state index contributed by atoms with van der Waals surface area (Å²) in [7, 11) is 0.419. The molecule has 2 rings (SSSR count). The van der Waals surface area contributed by atoms with Gasteiger partial charge in [0.2, 0.25) is 0 Å². The Hall–Kier alpha value is -2.49. The topological polar surface area (TPSA) is 116 Å². The van der Waals surface area contributed by atoms with Crippen LogP contribution >= 0.6 is 23.2 Å². The van der Waals surface area contributed by atoms with E-state index in [1.807, 2.05) is 0 Å². The molecular weight excluding hydrogens is 447 g/mol. The molecule has 158 valence electrons. The summed E-state index contributed by atoms with van der Waals surface area (Å²) < 4.78 is 37.2. The van der Waals surface area contributed by atoms with Crippen LogP contribution in [0.25, 0.3) is 0 Å². The fraction of sp³-hybridized carbons (Fsp3) is 0.222.